The molecule has 1 atom stereocenters. The highest BCUT2D eigenvalue weighted by molar-refractivity contribution is 7.86. The van der Waals surface area contributed by atoms with Crippen molar-refractivity contribution < 1.29 is 38.7 Å². The number of likely N-dealkylation sites (tertiary alicyclic amines) is 2. The van der Waals surface area contributed by atoms with Crippen LogP contribution in [-0.4, -0.2) is 82.3 Å². The van der Waals surface area contributed by atoms with Crippen molar-refractivity contribution in [1.29, 1.82) is 0 Å². The Kier molecular flexibility index (Phi) is 9.33. The Morgan fingerprint density at radius 1 is 1.10 bits per heavy atom. The first kappa shape index (κ1) is 29.9. The molecule has 0 bridgehead atoms. The van der Waals surface area contributed by atoms with Crippen molar-refractivity contribution in [1.82, 2.24) is 14.8 Å². The lowest BCUT2D eigenvalue weighted by atomic mass is 10.1. The Balaban J connectivity index is 1.42. The molecular weight excluding hydrogens is 553 g/mol. The number of nitrogens with zero attached hydrogens (tertiary/aromatic N) is 3. The third-order valence-corrected chi connectivity index (χ3v) is 7.97. The van der Waals surface area contributed by atoms with Crippen molar-refractivity contribution in [2.75, 3.05) is 38.8 Å². The molecule has 0 aliphatic carbocycles. The van der Waals surface area contributed by atoms with Crippen molar-refractivity contribution in [3.05, 3.63) is 36.0 Å². The number of oxazole rings is 1. The second-order valence-electron chi connectivity index (χ2n) is 10.2. The van der Waals surface area contributed by atoms with Gasteiger partial charge in [0.1, 0.15) is 17.8 Å². The largest absolute Gasteiger partial charge is 0.493 e. The number of hydrogen-bond donors (Lipinski definition) is 0. The van der Waals surface area contributed by atoms with E-state index in [2.05, 4.69) is 16.8 Å². The maximum absolute atomic E-state index is 14.9. The van der Waals surface area contributed by atoms with Gasteiger partial charge < -0.3 is 14.1 Å². The summed E-state index contributed by atoms with van der Waals surface area (Å²) in [6, 6.07) is 5.05. The zero-order valence-corrected chi connectivity index (χ0v) is 24.1. The molecule has 0 amide bonds. The SMILES string of the molecule is CC1CCCN1CCCOc1ccc(-c2nc(CN3CCCCC3(OS(C)(=O)=O)OS(C)(=O)=O)co2)c(F)c1. The molecule has 2 aliphatic rings. The molecule has 0 spiro atoms. The highest BCUT2D eigenvalue weighted by Gasteiger charge is 2.47. The minimum Gasteiger partial charge on any atom is -0.493 e. The van der Waals surface area contributed by atoms with Crippen LogP contribution in [0.15, 0.2) is 28.9 Å². The third-order valence-electron chi connectivity index (χ3n) is 6.84. The first-order chi connectivity index (χ1) is 18.3. The van der Waals surface area contributed by atoms with E-state index in [0.29, 0.717) is 36.9 Å². The van der Waals surface area contributed by atoms with E-state index in [4.69, 9.17) is 17.5 Å². The first-order valence-electron chi connectivity index (χ1n) is 13.0. The molecule has 1 aromatic heterocycles. The molecule has 0 N–H and O–H groups in total. The van der Waals surface area contributed by atoms with Crippen LogP contribution in [0, 0.1) is 5.82 Å². The second kappa shape index (κ2) is 12.2. The van der Waals surface area contributed by atoms with Gasteiger partial charge in [0.25, 0.3) is 26.1 Å². The van der Waals surface area contributed by atoms with Gasteiger partial charge >= 0.3 is 0 Å². The van der Waals surface area contributed by atoms with Gasteiger partial charge in [0, 0.05) is 38.2 Å². The molecule has 39 heavy (non-hydrogen) atoms. The molecule has 1 aromatic carbocycles. The Morgan fingerprint density at radius 2 is 1.85 bits per heavy atom. The van der Waals surface area contributed by atoms with Gasteiger partial charge in [0.2, 0.25) is 5.89 Å². The monoisotopic (exact) mass is 589 g/mol. The molecule has 0 radical (unpaired) electrons. The Hall–Kier alpha value is -2.10. The third kappa shape index (κ3) is 8.21. The van der Waals surface area contributed by atoms with Crippen LogP contribution < -0.4 is 4.74 Å². The van der Waals surface area contributed by atoms with E-state index in [1.54, 1.807) is 6.07 Å². The zero-order valence-electron chi connectivity index (χ0n) is 22.5. The van der Waals surface area contributed by atoms with Gasteiger partial charge in [0.05, 0.1) is 30.4 Å². The number of rotatable bonds is 12. The summed E-state index contributed by atoms with van der Waals surface area (Å²) in [5.74, 6) is -2.18. The summed E-state index contributed by atoms with van der Waals surface area (Å²) in [6.07, 6.45) is 7.39. The molecule has 3 heterocycles. The van der Waals surface area contributed by atoms with Crippen LogP contribution in [0.25, 0.3) is 11.5 Å². The van der Waals surface area contributed by atoms with Gasteiger partial charge in [-0.2, -0.15) is 16.8 Å². The van der Waals surface area contributed by atoms with Gasteiger partial charge in [0.15, 0.2) is 0 Å². The van der Waals surface area contributed by atoms with Crippen molar-refractivity contribution >= 4 is 20.2 Å². The van der Waals surface area contributed by atoms with Crippen molar-refractivity contribution in [3.8, 4) is 17.2 Å². The standard InChI is InChI=1S/C25H36FN3O8S2/c1-19-8-6-12-28(19)13-7-15-34-21-9-10-22(23(26)16-21)24-27-20(18-35-24)17-29-14-5-4-11-25(29,36-38(2,30)31)37-39(3,32)33/h9-10,16,18-19H,4-8,11-15,17H2,1-3H3. The lowest BCUT2D eigenvalue weighted by molar-refractivity contribution is -0.239. The summed E-state index contributed by atoms with van der Waals surface area (Å²) in [7, 11) is -8.16. The smallest absolute Gasteiger partial charge is 0.268 e. The lowest BCUT2D eigenvalue weighted by Gasteiger charge is -2.43. The number of piperidine rings is 1. The summed E-state index contributed by atoms with van der Waals surface area (Å²) < 4.78 is 84.5. The number of aromatic nitrogens is 1. The van der Waals surface area contributed by atoms with E-state index in [9.17, 15) is 21.2 Å². The molecule has 4 rings (SSSR count). The molecule has 1 unspecified atom stereocenters. The number of halogens is 1. The average Bonchev–Trinajstić information content (AvgIpc) is 3.45. The molecule has 2 saturated heterocycles. The van der Waals surface area contributed by atoms with Crippen LogP contribution in [0.2, 0.25) is 0 Å². The zero-order chi connectivity index (χ0) is 28.3. The van der Waals surface area contributed by atoms with Crippen LogP contribution in [0.5, 0.6) is 5.75 Å². The molecule has 0 saturated carbocycles. The van der Waals surface area contributed by atoms with Crippen molar-refractivity contribution in [3.63, 3.8) is 0 Å². The highest BCUT2D eigenvalue weighted by Crippen LogP contribution is 2.35. The van der Waals surface area contributed by atoms with Gasteiger partial charge in [-0.25, -0.2) is 22.6 Å². The van der Waals surface area contributed by atoms with E-state index < -0.39 is 32.0 Å². The fraction of sp³-hybridized carbons (Fsp3) is 0.640. The van der Waals surface area contributed by atoms with Gasteiger partial charge in [-0.1, -0.05) is 0 Å². The van der Waals surface area contributed by atoms with Crippen LogP contribution in [0.3, 0.4) is 0 Å². The van der Waals surface area contributed by atoms with Gasteiger partial charge in [-0.15, -0.1) is 0 Å². The predicted molar refractivity (Wildman–Crippen MR) is 141 cm³/mol. The Bertz CT molecular complexity index is 1310. The van der Waals surface area contributed by atoms with Crippen LogP contribution in [-0.2, 0) is 35.1 Å². The fourth-order valence-electron chi connectivity index (χ4n) is 5.10. The molecule has 2 aromatic rings. The molecule has 14 heteroatoms. The summed E-state index contributed by atoms with van der Waals surface area (Å²) >= 11 is 0. The van der Waals surface area contributed by atoms with E-state index in [0.717, 1.165) is 32.0 Å². The molecule has 218 valence electrons. The second-order valence-corrected chi connectivity index (χ2v) is 13.3. The Morgan fingerprint density at radius 3 is 2.49 bits per heavy atom. The van der Waals surface area contributed by atoms with Gasteiger partial charge in [-0.3, -0.25) is 0 Å². The molecular formula is C25H36FN3O8S2. The topological polar surface area (TPSA) is 128 Å². The van der Waals surface area contributed by atoms with Crippen LogP contribution >= 0.6 is 0 Å². The van der Waals surface area contributed by atoms with E-state index >= 15 is 0 Å². The van der Waals surface area contributed by atoms with Crippen molar-refractivity contribution in [2.45, 2.75) is 63.9 Å². The lowest BCUT2D eigenvalue weighted by Crippen LogP contribution is -2.56. The normalized spacial score (nSPS) is 20.9. The predicted octanol–water partition coefficient (Wildman–Crippen LogP) is 3.33. The fourth-order valence-corrected chi connectivity index (χ4v) is 6.53. The molecule has 2 fully saturated rings. The molecule has 11 nitrogen and oxygen atoms in total. The molecule has 2 aliphatic heterocycles. The Labute approximate surface area is 229 Å². The maximum atomic E-state index is 14.9. The minimum atomic E-state index is -4.08. The first-order valence-corrected chi connectivity index (χ1v) is 16.6. The average molecular weight is 590 g/mol. The van der Waals surface area contributed by atoms with Crippen LogP contribution in [0.1, 0.15) is 51.1 Å². The van der Waals surface area contributed by atoms with Gasteiger partial charge in [-0.05, 0) is 57.7 Å². The maximum Gasteiger partial charge on any atom is 0.268 e. The summed E-state index contributed by atoms with van der Waals surface area (Å²) in [4.78, 5) is 8.22. The number of hydrogen-bond acceptors (Lipinski definition) is 11. The van der Waals surface area contributed by atoms with E-state index in [-0.39, 0.29) is 31.0 Å². The highest BCUT2D eigenvalue weighted by atomic mass is 32.2. The number of benzene rings is 1. The summed E-state index contributed by atoms with van der Waals surface area (Å²) in [6.45, 7) is 5.00. The summed E-state index contributed by atoms with van der Waals surface area (Å²) in [5, 5.41) is 0. The quantitative estimate of drug-likeness (QED) is 0.205. The minimum absolute atomic E-state index is 0.00496. The van der Waals surface area contributed by atoms with E-state index in [1.165, 1.54) is 36.1 Å². The van der Waals surface area contributed by atoms with Crippen LogP contribution in [0.4, 0.5) is 4.39 Å². The van der Waals surface area contributed by atoms with Crippen molar-refractivity contribution in [2.24, 2.45) is 0 Å². The summed E-state index contributed by atoms with van der Waals surface area (Å²) in [5.41, 5.74) is 0.450. The van der Waals surface area contributed by atoms with E-state index in [1.807, 2.05) is 0 Å². The number of ether oxygens (including phenoxy) is 1.